The van der Waals surface area contributed by atoms with Crippen LogP contribution >= 0.6 is 23.2 Å². The summed E-state index contributed by atoms with van der Waals surface area (Å²) in [6.45, 7) is -0.427. The predicted octanol–water partition coefficient (Wildman–Crippen LogP) is 2.75. The van der Waals surface area contributed by atoms with Gasteiger partial charge in [-0.05, 0) is 30.3 Å². The van der Waals surface area contributed by atoms with Gasteiger partial charge in [0.05, 0.1) is 4.90 Å². The highest BCUT2D eigenvalue weighted by Gasteiger charge is 2.23. The van der Waals surface area contributed by atoms with E-state index in [2.05, 4.69) is 4.98 Å². The number of aromatic nitrogens is 1. The number of carbonyl (C=O) groups is 1. The molecule has 0 unspecified atom stereocenters. The second kappa shape index (κ2) is 7.94. The standard InChI is InChI=1S/C15H14Cl2N2O4S/c1-19(24(21,22)13-5-3-12(16)4-6-13)9-15(20)23-10-11-2-7-14(17)18-8-11/h2-8H,9-10H2,1H3. The summed E-state index contributed by atoms with van der Waals surface area (Å²) in [7, 11) is -2.49. The molecule has 0 radical (unpaired) electrons. The highest BCUT2D eigenvalue weighted by atomic mass is 35.5. The number of pyridine rings is 1. The Balaban J connectivity index is 1.95. The van der Waals surface area contributed by atoms with E-state index in [0.717, 1.165) is 4.31 Å². The summed E-state index contributed by atoms with van der Waals surface area (Å²) in [5.41, 5.74) is 0.649. The first kappa shape index (κ1) is 18.7. The van der Waals surface area contributed by atoms with E-state index in [1.807, 2.05) is 0 Å². The third-order valence-electron chi connectivity index (χ3n) is 3.06. The molecule has 0 aliphatic rings. The molecule has 1 aromatic carbocycles. The van der Waals surface area contributed by atoms with Crippen LogP contribution in [0.15, 0.2) is 47.5 Å². The number of esters is 1. The maximum atomic E-state index is 12.3. The molecule has 2 rings (SSSR count). The molecule has 0 saturated carbocycles. The van der Waals surface area contributed by atoms with E-state index in [-0.39, 0.29) is 11.5 Å². The van der Waals surface area contributed by atoms with Crippen LogP contribution in [0.4, 0.5) is 0 Å². The van der Waals surface area contributed by atoms with Gasteiger partial charge in [-0.2, -0.15) is 4.31 Å². The van der Waals surface area contributed by atoms with E-state index in [9.17, 15) is 13.2 Å². The van der Waals surface area contributed by atoms with E-state index < -0.39 is 22.5 Å². The number of hydrogen-bond acceptors (Lipinski definition) is 5. The average Bonchev–Trinajstić information content (AvgIpc) is 2.54. The lowest BCUT2D eigenvalue weighted by atomic mass is 10.3. The highest BCUT2D eigenvalue weighted by Crippen LogP contribution is 2.17. The Morgan fingerprint density at radius 2 is 1.83 bits per heavy atom. The second-order valence-electron chi connectivity index (χ2n) is 4.86. The minimum Gasteiger partial charge on any atom is -0.460 e. The fourth-order valence-electron chi connectivity index (χ4n) is 1.75. The summed E-state index contributed by atoms with van der Waals surface area (Å²) in [4.78, 5) is 15.7. The minimum absolute atomic E-state index is 0.0160. The SMILES string of the molecule is CN(CC(=O)OCc1ccc(Cl)nc1)S(=O)(=O)c1ccc(Cl)cc1. The Bertz CT molecular complexity index is 808. The number of hydrogen-bond donors (Lipinski definition) is 0. The van der Waals surface area contributed by atoms with Gasteiger partial charge in [0, 0.05) is 23.8 Å². The summed E-state index contributed by atoms with van der Waals surface area (Å²) in [5, 5.41) is 0.756. The van der Waals surface area contributed by atoms with Crippen LogP contribution in [0.2, 0.25) is 10.2 Å². The fraction of sp³-hybridized carbons (Fsp3) is 0.200. The molecular weight excluding hydrogens is 375 g/mol. The molecule has 0 spiro atoms. The lowest BCUT2D eigenvalue weighted by Crippen LogP contribution is -2.33. The van der Waals surface area contributed by atoms with Gasteiger partial charge in [-0.3, -0.25) is 4.79 Å². The molecule has 0 aliphatic heterocycles. The van der Waals surface area contributed by atoms with Crippen molar-refractivity contribution in [2.24, 2.45) is 0 Å². The van der Waals surface area contributed by atoms with Gasteiger partial charge in [-0.15, -0.1) is 0 Å². The highest BCUT2D eigenvalue weighted by molar-refractivity contribution is 7.89. The van der Waals surface area contributed by atoms with Crippen LogP contribution in [-0.4, -0.2) is 37.3 Å². The Morgan fingerprint density at radius 1 is 1.17 bits per heavy atom. The van der Waals surface area contributed by atoms with Crippen molar-refractivity contribution in [2.75, 3.05) is 13.6 Å². The molecule has 0 fully saturated rings. The van der Waals surface area contributed by atoms with E-state index in [4.69, 9.17) is 27.9 Å². The molecule has 1 aromatic heterocycles. The molecular formula is C15H14Cl2N2O4S. The van der Waals surface area contributed by atoms with Crippen molar-refractivity contribution in [3.05, 3.63) is 58.3 Å². The van der Waals surface area contributed by atoms with Crippen LogP contribution < -0.4 is 0 Å². The predicted molar refractivity (Wildman–Crippen MR) is 90.3 cm³/mol. The lowest BCUT2D eigenvalue weighted by Gasteiger charge is -2.16. The van der Waals surface area contributed by atoms with Gasteiger partial charge in [-0.25, -0.2) is 13.4 Å². The first-order valence-electron chi connectivity index (χ1n) is 6.77. The number of nitrogens with zero attached hydrogens (tertiary/aromatic N) is 2. The zero-order chi connectivity index (χ0) is 17.7. The molecule has 1 heterocycles. The number of benzene rings is 1. The monoisotopic (exact) mass is 388 g/mol. The third-order valence-corrected chi connectivity index (χ3v) is 5.36. The van der Waals surface area contributed by atoms with Gasteiger partial charge in [0.1, 0.15) is 18.3 Å². The zero-order valence-corrected chi connectivity index (χ0v) is 15.0. The maximum Gasteiger partial charge on any atom is 0.321 e. The molecule has 9 heteroatoms. The van der Waals surface area contributed by atoms with Crippen molar-refractivity contribution in [1.82, 2.24) is 9.29 Å². The number of rotatable bonds is 6. The minimum atomic E-state index is -3.80. The van der Waals surface area contributed by atoms with E-state index in [1.54, 1.807) is 12.1 Å². The summed E-state index contributed by atoms with van der Waals surface area (Å²) in [6, 6.07) is 8.92. The average molecular weight is 389 g/mol. The number of likely N-dealkylation sites (N-methyl/N-ethyl adjacent to an activating group) is 1. The molecule has 6 nitrogen and oxygen atoms in total. The van der Waals surface area contributed by atoms with E-state index in [0.29, 0.717) is 15.7 Å². The topological polar surface area (TPSA) is 76.6 Å². The Labute approximate surface area is 150 Å². The molecule has 0 amide bonds. The van der Waals surface area contributed by atoms with Crippen molar-refractivity contribution in [1.29, 1.82) is 0 Å². The van der Waals surface area contributed by atoms with Crippen LogP contribution in [0.5, 0.6) is 0 Å². The first-order chi connectivity index (χ1) is 11.3. The third kappa shape index (κ3) is 4.91. The van der Waals surface area contributed by atoms with Gasteiger partial charge in [0.15, 0.2) is 0 Å². The zero-order valence-electron chi connectivity index (χ0n) is 12.6. The van der Waals surface area contributed by atoms with Gasteiger partial charge >= 0.3 is 5.97 Å². The normalized spacial score (nSPS) is 11.5. The Morgan fingerprint density at radius 3 is 2.42 bits per heavy atom. The van der Waals surface area contributed by atoms with Crippen LogP contribution in [-0.2, 0) is 26.2 Å². The van der Waals surface area contributed by atoms with Crippen molar-refractivity contribution in [2.45, 2.75) is 11.5 Å². The van der Waals surface area contributed by atoms with Gasteiger partial charge in [0.2, 0.25) is 10.0 Å². The summed E-state index contributed by atoms with van der Waals surface area (Å²) in [5.74, 6) is -0.676. The molecule has 0 N–H and O–H groups in total. The molecule has 2 aromatic rings. The molecule has 0 atom stereocenters. The van der Waals surface area contributed by atoms with Gasteiger partial charge in [0.25, 0.3) is 0 Å². The second-order valence-corrected chi connectivity index (χ2v) is 7.73. The number of halogens is 2. The molecule has 0 aliphatic carbocycles. The summed E-state index contributed by atoms with van der Waals surface area (Å²) < 4.78 is 30.6. The van der Waals surface area contributed by atoms with Crippen molar-refractivity contribution < 1.29 is 17.9 Å². The molecule has 128 valence electrons. The Kier molecular flexibility index (Phi) is 6.17. The Hall–Kier alpha value is -1.67. The van der Waals surface area contributed by atoms with Crippen LogP contribution in [0.3, 0.4) is 0 Å². The molecule has 0 saturated heterocycles. The van der Waals surface area contributed by atoms with Crippen LogP contribution in [0.1, 0.15) is 5.56 Å². The lowest BCUT2D eigenvalue weighted by molar-refractivity contribution is -0.144. The number of carbonyl (C=O) groups excluding carboxylic acids is 1. The van der Waals surface area contributed by atoms with Crippen LogP contribution in [0, 0.1) is 0 Å². The van der Waals surface area contributed by atoms with Gasteiger partial charge in [-0.1, -0.05) is 29.3 Å². The summed E-state index contributed by atoms with van der Waals surface area (Å²) in [6.07, 6.45) is 1.48. The van der Waals surface area contributed by atoms with Crippen molar-refractivity contribution in [3.63, 3.8) is 0 Å². The number of sulfonamides is 1. The summed E-state index contributed by atoms with van der Waals surface area (Å²) >= 11 is 11.4. The van der Waals surface area contributed by atoms with Crippen molar-refractivity contribution in [3.8, 4) is 0 Å². The van der Waals surface area contributed by atoms with Crippen LogP contribution in [0.25, 0.3) is 0 Å². The van der Waals surface area contributed by atoms with Gasteiger partial charge < -0.3 is 4.74 Å². The van der Waals surface area contributed by atoms with E-state index in [1.165, 1.54) is 37.5 Å². The van der Waals surface area contributed by atoms with E-state index >= 15 is 0 Å². The first-order valence-corrected chi connectivity index (χ1v) is 8.96. The molecule has 24 heavy (non-hydrogen) atoms. The molecule has 0 bridgehead atoms. The smallest absolute Gasteiger partial charge is 0.321 e. The maximum absolute atomic E-state index is 12.3. The fourth-order valence-corrected chi connectivity index (χ4v) is 3.11. The number of ether oxygens (including phenoxy) is 1. The van der Waals surface area contributed by atoms with Crippen molar-refractivity contribution >= 4 is 39.2 Å². The largest absolute Gasteiger partial charge is 0.460 e. The quantitative estimate of drug-likeness (QED) is 0.561.